The SMILES string of the molecule is CCC(C)(COCC(C)(CC)c1ccc(Oc2ccccc2)cc1)c1ccc(Oc2ccccc2)cc1. The van der Waals surface area contributed by atoms with Crippen LogP contribution in [0, 0.1) is 0 Å². The molecular weight excluding hydrogens is 456 g/mol. The molecule has 0 radical (unpaired) electrons. The highest BCUT2D eigenvalue weighted by molar-refractivity contribution is 5.37. The van der Waals surface area contributed by atoms with E-state index in [2.05, 4.69) is 52.0 Å². The summed E-state index contributed by atoms with van der Waals surface area (Å²) in [4.78, 5) is 0. The van der Waals surface area contributed by atoms with Gasteiger partial charge in [-0.25, -0.2) is 0 Å². The van der Waals surface area contributed by atoms with E-state index in [-0.39, 0.29) is 10.8 Å². The molecule has 37 heavy (non-hydrogen) atoms. The summed E-state index contributed by atoms with van der Waals surface area (Å²) in [5.41, 5.74) is 2.37. The molecule has 192 valence electrons. The summed E-state index contributed by atoms with van der Waals surface area (Å²) in [7, 11) is 0. The molecule has 0 bridgehead atoms. The fourth-order valence-electron chi connectivity index (χ4n) is 4.38. The standard InChI is InChI=1S/C34H38O3/c1-5-33(3,27-17-21-31(22-18-27)36-29-13-9-7-10-14-29)25-35-26-34(4,6-2)28-19-23-32(24-20-28)37-30-15-11-8-12-16-30/h7-24H,5-6,25-26H2,1-4H3. The van der Waals surface area contributed by atoms with Gasteiger partial charge in [0.15, 0.2) is 0 Å². The molecule has 0 heterocycles. The Morgan fingerprint density at radius 1 is 0.459 bits per heavy atom. The monoisotopic (exact) mass is 494 g/mol. The quantitative estimate of drug-likeness (QED) is 0.196. The zero-order valence-electron chi connectivity index (χ0n) is 22.4. The average molecular weight is 495 g/mol. The maximum Gasteiger partial charge on any atom is 0.127 e. The van der Waals surface area contributed by atoms with Crippen molar-refractivity contribution in [2.75, 3.05) is 13.2 Å². The Morgan fingerprint density at radius 2 is 0.784 bits per heavy atom. The Morgan fingerprint density at radius 3 is 1.11 bits per heavy atom. The molecule has 0 aliphatic carbocycles. The topological polar surface area (TPSA) is 27.7 Å². The van der Waals surface area contributed by atoms with Crippen LogP contribution in [0.3, 0.4) is 0 Å². The lowest BCUT2D eigenvalue weighted by molar-refractivity contribution is 0.0510. The fourth-order valence-corrected chi connectivity index (χ4v) is 4.38. The minimum atomic E-state index is -0.0761. The van der Waals surface area contributed by atoms with Crippen molar-refractivity contribution < 1.29 is 14.2 Å². The molecule has 4 rings (SSSR count). The molecule has 3 nitrogen and oxygen atoms in total. The molecule has 0 aliphatic heterocycles. The Balaban J connectivity index is 1.37. The third kappa shape index (κ3) is 6.81. The van der Waals surface area contributed by atoms with E-state index >= 15 is 0 Å². The van der Waals surface area contributed by atoms with Crippen LogP contribution in [-0.4, -0.2) is 13.2 Å². The first kappa shape index (κ1) is 26.5. The van der Waals surface area contributed by atoms with E-state index in [4.69, 9.17) is 14.2 Å². The van der Waals surface area contributed by atoms with Crippen LogP contribution in [0.15, 0.2) is 109 Å². The van der Waals surface area contributed by atoms with Crippen LogP contribution >= 0.6 is 0 Å². The minimum absolute atomic E-state index is 0.0761. The summed E-state index contributed by atoms with van der Waals surface area (Å²) in [6.07, 6.45) is 1.97. The van der Waals surface area contributed by atoms with E-state index in [1.54, 1.807) is 0 Å². The van der Waals surface area contributed by atoms with E-state index in [0.29, 0.717) is 13.2 Å². The van der Waals surface area contributed by atoms with Gasteiger partial charge in [0.05, 0.1) is 13.2 Å². The average Bonchev–Trinajstić information content (AvgIpc) is 2.94. The highest BCUT2D eigenvalue weighted by Gasteiger charge is 2.29. The first-order chi connectivity index (χ1) is 17.9. The molecular formula is C34H38O3. The summed E-state index contributed by atoms with van der Waals surface area (Å²) in [6.45, 7) is 10.3. The predicted molar refractivity (Wildman–Crippen MR) is 152 cm³/mol. The summed E-state index contributed by atoms with van der Waals surface area (Å²) < 4.78 is 18.4. The number of rotatable bonds is 12. The maximum absolute atomic E-state index is 6.44. The molecule has 0 aliphatic rings. The van der Waals surface area contributed by atoms with Crippen LogP contribution in [-0.2, 0) is 15.6 Å². The Labute approximate surface area is 222 Å². The molecule has 0 amide bonds. The first-order valence-electron chi connectivity index (χ1n) is 13.2. The summed E-state index contributed by atoms with van der Waals surface area (Å²) in [5, 5.41) is 0. The van der Waals surface area contributed by atoms with Crippen LogP contribution in [0.4, 0.5) is 0 Å². The molecule has 0 N–H and O–H groups in total. The van der Waals surface area contributed by atoms with Crippen LogP contribution in [0.1, 0.15) is 51.7 Å². The number of benzene rings is 4. The van der Waals surface area contributed by atoms with E-state index in [1.165, 1.54) is 11.1 Å². The highest BCUT2D eigenvalue weighted by atomic mass is 16.5. The van der Waals surface area contributed by atoms with Gasteiger partial charge in [-0.1, -0.05) is 88.4 Å². The van der Waals surface area contributed by atoms with E-state index in [1.807, 2.05) is 84.9 Å². The van der Waals surface area contributed by atoms with Gasteiger partial charge >= 0.3 is 0 Å². The number of ether oxygens (including phenoxy) is 3. The van der Waals surface area contributed by atoms with Crippen molar-refractivity contribution in [1.29, 1.82) is 0 Å². The molecule has 4 aromatic rings. The lowest BCUT2D eigenvalue weighted by Crippen LogP contribution is -2.33. The second-order valence-corrected chi connectivity index (χ2v) is 10.2. The molecule has 0 spiro atoms. The fraction of sp³-hybridized carbons (Fsp3) is 0.294. The van der Waals surface area contributed by atoms with Gasteiger partial charge in [-0.15, -0.1) is 0 Å². The smallest absolute Gasteiger partial charge is 0.127 e. The summed E-state index contributed by atoms with van der Waals surface area (Å²) in [6, 6.07) is 36.6. The second-order valence-electron chi connectivity index (χ2n) is 10.2. The first-order valence-corrected chi connectivity index (χ1v) is 13.2. The number of hydrogen-bond donors (Lipinski definition) is 0. The van der Waals surface area contributed by atoms with Crippen LogP contribution in [0.2, 0.25) is 0 Å². The zero-order valence-corrected chi connectivity index (χ0v) is 22.4. The van der Waals surface area contributed by atoms with Crippen LogP contribution < -0.4 is 9.47 Å². The Hall–Kier alpha value is -3.56. The molecule has 3 heteroatoms. The van der Waals surface area contributed by atoms with E-state index < -0.39 is 0 Å². The van der Waals surface area contributed by atoms with Crippen molar-refractivity contribution in [1.82, 2.24) is 0 Å². The molecule has 4 aromatic carbocycles. The number of hydrogen-bond acceptors (Lipinski definition) is 3. The van der Waals surface area contributed by atoms with Crippen molar-refractivity contribution in [2.24, 2.45) is 0 Å². The van der Waals surface area contributed by atoms with Crippen molar-refractivity contribution in [3.05, 3.63) is 120 Å². The van der Waals surface area contributed by atoms with Crippen molar-refractivity contribution in [3.8, 4) is 23.0 Å². The van der Waals surface area contributed by atoms with Gasteiger partial charge < -0.3 is 14.2 Å². The highest BCUT2D eigenvalue weighted by Crippen LogP contribution is 2.34. The van der Waals surface area contributed by atoms with Gasteiger partial charge in [-0.2, -0.15) is 0 Å². The van der Waals surface area contributed by atoms with Crippen molar-refractivity contribution >= 4 is 0 Å². The van der Waals surface area contributed by atoms with Crippen molar-refractivity contribution in [2.45, 2.75) is 51.4 Å². The van der Waals surface area contributed by atoms with E-state index in [9.17, 15) is 0 Å². The lowest BCUT2D eigenvalue weighted by Gasteiger charge is -2.33. The Bertz CT molecular complexity index is 1120. The molecule has 0 saturated carbocycles. The van der Waals surface area contributed by atoms with Crippen molar-refractivity contribution in [3.63, 3.8) is 0 Å². The van der Waals surface area contributed by atoms with Gasteiger partial charge in [0, 0.05) is 10.8 Å². The van der Waals surface area contributed by atoms with Gasteiger partial charge in [0.1, 0.15) is 23.0 Å². The van der Waals surface area contributed by atoms with Gasteiger partial charge in [-0.05, 0) is 72.5 Å². The molecule has 0 fully saturated rings. The lowest BCUT2D eigenvalue weighted by atomic mass is 9.79. The third-order valence-electron chi connectivity index (χ3n) is 7.46. The summed E-state index contributed by atoms with van der Waals surface area (Å²) in [5.74, 6) is 3.37. The largest absolute Gasteiger partial charge is 0.457 e. The molecule has 2 unspecified atom stereocenters. The predicted octanol–water partition coefficient (Wildman–Crippen LogP) is 9.32. The van der Waals surface area contributed by atoms with Gasteiger partial charge in [-0.3, -0.25) is 0 Å². The minimum Gasteiger partial charge on any atom is -0.457 e. The normalized spacial score (nSPS) is 14.4. The molecule has 2 atom stereocenters. The molecule has 0 saturated heterocycles. The van der Waals surface area contributed by atoms with E-state index in [0.717, 1.165) is 35.8 Å². The van der Waals surface area contributed by atoms with Gasteiger partial charge in [0.2, 0.25) is 0 Å². The van der Waals surface area contributed by atoms with Crippen LogP contribution in [0.5, 0.6) is 23.0 Å². The third-order valence-corrected chi connectivity index (χ3v) is 7.46. The Kier molecular flexibility index (Phi) is 8.68. The maximum atomic E-state index is 6.44. The molecule has 0 aromatic heterocycles. The van der Waals surface area contributed by atoms with Crippen LogP contribution in [0.25, 0.3) is 0 Å². The number of para-hydroxylation sites is 2. The summed E-state index contributed by atoms with van der Waals surface area (Å²) >= 11 is 0. The second kappa shape index (κ2) is 12.1. The van der Waals surface area contributed by atoms with Gasteiger partial charge in [0.25, 0.3) is 0 Å². The zero-order chi connectivity index (χ0) is 26.1.